The number of hydrogen-bond acceptors (Lipinski definition) is 4. The predicted molar refractivity (Wildman–Crippen MR) is 172 cm³/mol. The number of amidine groups is 1. The number of unbranched alkanes of at least 4 members (excludes halogenated alkanes) is 1. The Balaban J connectivity index is 1.74. The average Bonchev–Trinajstić information content (AvgIpc) is 3.23. The van der Waals surface area contributed by atoms with Gasteiger partial charge in [0.05, 0.1) is 12.6 Å². The van der Waals surface area contributed by atoms with Crippen LogP contribution in [0.25, 0.3) is 0 Å². The zero-order valence-electron chi connectivity index (χ0n) is 25.1. The maximum absolute atomic E-state index is 14.5. The summed E-state index contributed by atoms with van der Waals surface area (Å²) in [5, 5.41) is 11.0. The van der Waals surface area contributed by atoms with E-state index < -0.39 is 5.66 Å². The van der Waals surface area contributed by atoms with Crippen LogP contribution < -0.4 is 11.1 Å². The number of nitrogens with one attached hydrogen (secondary N) is 2. The molecule has 0 saturated heterocycles. The summed E-state index contributed by atoms with van der Waals surface area (Å²) in [4.78, 5) is 34.3. The van der Waals surface area contributed by atoms with Crippen LogP contribution in [0.4, 0.5) is 0 Å². The minimum absolute atomic E-state index is 0.00598. The normalized spacial score (nSPS) is 21.4. The van der Waals surface area contributed by atoms with Crippen molar-refractivity contribution < 1.29 is 9.59 Å². The molecule has 2 amide bonds. The molecule has 1 fully saturated rings. The molecule has 1 aliphatic heterocycles. The minimum Gasteiger partial charge on any atom is -0.386 e. The Bertz CT molecular complexity index is 1330. The molecular weight excluding hydrogens is 569 g/mol. The lowest BCUT2D eigenvalue weighted by atomic mass is 9.67. The summed E-state index contributed by atoms with van der Waals surface area (Å²) in [5.41, 5.74) is 7.46. The number of amides is 2. The Labute approximate surface area is 259 Å². The van der Waals surface area contributed by atoms with E-state index in [0.29, 0.717) is 32.8 Å². The molecule has 0 aromatic heterocycles. The third-order valence-electron chi connectivity index (χ3n) is 9.27. The summed E-state index contributed by atoms with van der Waals surface area (Å²) in [5.74, 6) is 0.0555. The van der Waals surface area contributed by atoms with Gasteiger partial charge in [-0.1, -0.05) is 82.3 Å². The third kappa shape index (κ3) is 6.84. The van der Waals surface area contributed by atoms with Crippen LogP contribution in [-0.2, 0) is 4.79 Å². The molecule has 42 heavy (non-hydrogen) atoms. The highest BCUT2D eigenvalue weighted by Gasteiger charge is 2.52. The van der Waals surface area contributed by atoms with Crippen molar-refractivity contribution in [3.63, 3.8) is 0 Å². The lowest BCUT2D eigenvalue weighted by Crippen LogP contribution is -2.51. The Morgan fingerprint density at radius 3 is 2.31 bits per heavy atom. The Morgan fingerprint density at radius 1 is 1.14 bits per heavy atom. The predicted octanol–water partition coefficient (Wildman–Crippen LogP) is 7.54. The van der Waals surface area contributed by atoms with Gasteiger partial charge in [-0.15, -0.1) is 0 Å². The van der Waals surface area contributed by atoms with E-state index in [1.165, 1.54) is 0 Å². The van der Waals surface area contributed by atoms with E-state index in [1.807, 2.05) is 17.0 Å². The van der Waals surface area contributed by atoms with Gasteiger partial charge in [0.1, 0.15) is 17.2 Å². The molecule has 226 valence electrons. The second-order valence-electron chi connectivity index (χ2n) is 12.4. The van der Waals surface area contributed by atoms with Crippen molar-refractivity contribution in [2.45, 2.75) is 90.8 Å². The minimum atomic E-state index is -0.655. The van der Waals surface area contributed by atoms with Crippen molar-refractivity contribution >= 4 is 46.6 Å². The van der Waals surface area contributed by atoms with E-state index in [4.69, 9.17) is 39.3 Å². The summed E-state index contributed by atoms with van der Waals surface area (Å²) in [6.07, 6.45) is 7.38. The zero-order valence-corrected chi connectivity index (χ0v) is 26.6. The molecule has 1 heterocycles. The van der Waals surface area contributed by atoms with Crippen LogP contribution in [0.5, 0.6) is 0 Å². The molecule has 1 spiro atoms. The van der Waals surface area contributed by atoms with Gasteiger partial charge < -0.3 is 16.0 Å². The largest absolute Gasteiger partial charge is 0.386 e. The van der Waals surface area contributed by atoms with E-state index >= 15 is 0 Å². The summed E-state index contributed by atoms with van der Waals surface area (Å²) < 4.78 is 0. The van der Waals surface area contributed by atoms with Gasteiger partial charge in [-0.25, -0.2) is 0 Å². The summed E-state index contributed by atoms with van der Waals surface area (Å²) in [6, 6.07) is 12.4. The van der Waals surface area contributed by atoms with E-state index in [1.54, 1.807) is 30.3 Å². The van der Waals surface area contributed by atoms with Gasteiger partial charge in [0.25, 0.3) is 11.8 Å². The highest BCUT2D eigenvalue weighted by molar-refractivity contribution is 6.47. The van der Waals surface area contributed by atoms with E-state index in [-0.39, 0.29) is 35.7 Å². The molecule has 0 bridgehead atoms. The number of hydrogen-bond donors (Lipinski definition) is 3. The molecule has 1 saturated carbocycles. The Morgan fingerprint density at radius 2 is 1.76 bits per heavy atom. The number of nitrogens with two attached hydrogens (primary N) is 1. The van der Waals surface area contributed by atoms with Crippen molar-refractivity contribution in [2.75, 3.05) is 6.54 Å². The second kappa shape index (κ2) is 13.2. The van der Waals surface area contributed by atoms with Crippen LogP contribution in [0, 0.1) is 16.7 Å². The number of benzene rings is 2. The SMILES string of the molecule is CCCCC(c1ccc(C(=O)NCC(=N)N)cc1)N1C(=O)C(c2cc(Cl)cc(Cl)c2)=NC12CCC(C(C)(C)CC)CC2. The number of nitrogens with zero attached hydrogens (tertiary/aromatic N) is 2. The molecule has 4 rings (SSSR count). The van der Waals surface area contributed by atoms with Gasteiger partial charge >= 0.3 is 0 Å². The van der Waals surface area contributed by atoms with E-state index in [2.05, 4.69) is 33.0 Å². The van der Waals surface area contributed by atoms with E-state index in [0.717, 1.165) is 56.9 Å². The van der Waals surface area contributed by atoms with Crippen molar-refractivity contribution in [3.05, 3.63) is 69.2 Å². The zero-order chi connectivity index (χ0) is 30.7. The molecule has 1 atom stereocenters. The van der Waals surface area contributed by atoms with Crippen molar-refractivity contribution in [1.82, 2.24) is 10.2 Å². The smallest absolute Gasteiger partial charge is 0.275 e. The van der Waals surface area contributed by atoms with Gasteiger partial charge in [-0.2, -0.15) is 0 Å². The Hall–Kier alpha value is -2.90. The van der Waals surface area contributed by atoms with E-state index in [9.17, 15) is 9.59 Å². The van der Waals surface area contributed by atoms with Crippen LogP contribution in [0.3, 0.4) is 0 Å². The number of carbonyl (C=O) groups is 2. The fourth-order valence-electron chi connectivity index (χ4n) is 6.40. The van der Waals surface area contributed by atoms with Crippen LogP contribution in [0.15, 0.2) is 47.5 Å². The molecule has 1 aliphatic carbocycles. The third-order valence-corrected chi connectivity index (χ3v) is 9.70. The number of rotatable bonds is 11. The maximum atomic E-state index is 14.5. The summed E-state index contributed by atoms with van der Waals surface area (Å²) >= 11 is 12.7. The van der Waals surface area contributed by atoms with Gasteiger partial charge in [-0.05, 0) is 79.3 Å². The highest BCUT2D eigenvalue weighted by atomic mass is 35.5. The first-order valence-electron chi connectivity index (χ1n) is 15.0. The molecule has 9 heteroatoms. The Kier molecular flexibility index (Phi) is 10.0. The van der Waals surface area contributed by atoms with Gasteiger partial charge in [-0.3, -0.25) is 20.0 Å². The van der Waals surface area contributed by atoms with Crippen molar-refractivity contribution in [3.8, 4) is 0 Å². The average molecular weight is 613 g/mol. The van der Waals surface area contributed by atoms with Gasteiger partial charge in [0.15, 0.2) is 0 Å². The molecule has 0 radical (unpaired) electrons. The van der Waals surface area contributed by atoms with Crippen LogP contribution >= 0.6 is 23.2 Å². The molecule has 4 N–H and O–H groups in total. The maximum Gasteiger partial charge on any atom is 0.275 e. The second-order valence-corrected chi connectivity index (χ2v) is 13.3. The molecule has 1 unspecified atom stereocenters. The van der Waals surface area contributed by atoms with Gasteiger partial charge in [0.2, 0.25) is 0 Å². The van der Waals surface area contributed by atoms with Crippen molar-refractivity contribution in [2.24, 2.45) is 22.1 Å². The van der Waals surface area contributed by atoms with Crippen LogP contribution in [0.2, 0.25) is 10.0 Å². The fourth-order valence-corrected chi connectivity index (χ4v) is 6.93. The molecular formula is C33H43Cl2N5O2. The monoisotopic (exact) mass is 611 g/mol. The summed E-state index contributed by atoms with van der Waals surface area (Å²) in [7, 11) is 0. The molecule has 2 aromatic rings. The quantitative estimate of drug-likeness (QED) is 0.180. The summed E-state index contributed by atoms with van der Waals surface area (Å²) in [6.45, 7) is 9.07. The molecule has 2 aliphatic rings. The highest BCUT2D eigenvalue weighted by Crippen LogP contribution is 2.50. The number of carbonyl (C=O) groups excluding carboxylic acids is 2. The first-order valence-corrected chi connectivity index (χ1v) is 15.8. The lowest BCUT2D eigenvalue weighted by molar-refractivity contribution is -0.133. The number of aliphatic imine (C=N–C) groups is 1. The fraction of sp³-hybridized carbons (Fsp3) is 0.515. The molecule has 7 nitrogen and oxygen atoms in total. The number of halogens is 2. The first kappa shape index (κ1) is 32.0. The first-order chi connectivity index (χ1) is 19.9. The van der Waals surface area contributed by atoms with Gasteiger partial charge in [0, 0.05) is 21.2 Å². The standard InChI is InChI=1S/C33H43Cl2N5O2/c1-5-7-8-27(21-9-11-22(12-10-21)30(41)38-20-28(36)37)40-31(42)29(23-17-25(34)19-26(35)18-23)39-33(40)15-13-24(14-16-33)32(3,4)6-2/h9-12,17-19,24,27H,5-8,13-16,20H2,1-4H3,(H3,36,37)(H,38,41). The van der Waals surface area contributed by atoms with Crippen LogP contribution in [-0.4, -0.2) is 40.5 Å². The topological polar surface area (TPSA) is 112 Å². The van der Waals surface area contributed by atoms with Crippen molar-refractivity contribution in [1.29, 1.82) is 5.41 Å². The molecule has 2 aromatic carbocycles. The van der Waals surface area contributed by atoms with Crippen LogP contribution in [0.1, 0.15) is 107 Å². The lowest BCUT2D eigenvalue weighted by Gasteiger charge is -2.48.